The van der Waals surface area contributed by atoms with E-state index in [-0.39, 0.29) is 12.5 Å². The molecule has 4 N–H and O–H groups in total. The SMILES string of the molecule is Cc1cc(NC2CC(C(=O)O)CC2O)n2ncnc2n1.O=C(O)C(F)(F)F. The fourth-order valence-electron chi connectivity index (χ4n) is 2.60. The summed E-state index contributed by atoms with van der Waals surface area (Å²) in [5, 5.41) is 33.3. The van der Waals surface area contributed by atoms with Crippen LogP contribution in [0.1, 0.15) is 18.5 Å². The fourth-order valence-corrected chi connectivity index (χ4v) is 2.60. The Morgan fingerprint density at radius 2 is 1.93 bits per heavy atom. The lowest BCUT2D eigenvalue weighted by Crippen LogP contribution is -2.29. The zero-order valence-corrected chi connectivity index (χ0v) is 13.9. The number of halogens is 3. The van der Waals surface area contributed by atoms with Gasteiger partial charge >= 0.3 is 18.1 Å². The average molecular weight is 391 g/mol. The van der Waals surface area contributed by atoms with Crippen molar-refractivity contribution in [1.29, 1.82) is 0 Å². The van der Waals surface area contributed by atoms with Crippen LogP contribution in [0.15, 0.2) is 12.4 Å². The highest BCUT2D eigenvalue weighted by Crippen LogP contribution is 2.29. The molecule has 3 unspecified atom stereocenters. The van der Waals surface area contributed by atoms with Gasteiger partial charge < -0.3 is 20.6 Å². The minimum atomic E-state index is -5.08. The number of hydrogen-bond acceptors (Lipinski definition) is 7. The summed E-state index contributed by atoms with van der Waals surface area (Å²) in [6, 6.07) is 1.48. The van der Waals surface area contributed by atoms with Gasteiger partial charge in [0.25, 0.3) is 5.78 Å². The minimum Gasteiger partial charge on any atom is -0.481 e. The number of rotatable bonds is 3. The zero-order valence-electron chi connectivity index (χ0n) is 13.9. The quantitative estimate of drug-likeness (QED) is 0.593. The molecule has 1 aliphatic rings. The number of aliphatic hydroxyl groups is 1. The first-order valence-electron chi connectivity index (χ1n) is 7.64. The first-order chi connectivity index (χ1) is 12.5. The number of anilines is 1. The lowest BCUT2D eigenvalue weighted by molar-refractivity contribution is -0.192. The van der Waals surface area contributed by atoms with E-state index in [2.05, 4.69) is 20.4 Å². The third-order valence-corrected chi connectivity index (χ3v) is 3.83. The number of carbonyl (C=O) groups is 2. The number of aliphatic hydroxyl groups excluding tert-OH is 1. The van der Waals surface area contributed by atoms with Crippen molar-refractivity contribution in [3.63, 3.8) is 0 Å². The second-order valence-electron chi connectivity index (χ2n) is 5.88. The van der Waals surface area contributed by atoms with Gasteiger partial charge in [-0.05, 0) is 19.8 Å². The number of nitrogens with zero attached hydrogens (tertiary/aromatic N) is 4. The van der Waals surface area contributed by atoms with Gasteiger partial charge in [0, 0.05) is 11.8 Å². The van der Waals surface area contributed by atoms with Crippen LogP contribution in [-0.2, 0) is 9.59 Å². The molecular formula is C14H16F3N5O5. The van der Waals surface area contributed by atoms with Gasteiger partial charge in [0.15, 0.2) is 0 Å². The summed E-state index contributed by atoms with van der Waals surface area (Å²) in [6.07, 6.45) is -3.73. The fraction of sp³-hybridized carbons (Fsp3) is 0.500. The lowest BCUT2D eigenvalue weighted by Gasteiger charge is -2.18. The Balaban J connectivity index is 0.000000321. The molecule has 1 fully saturated rings. The maximum absolute atomic E-state index is 11.0. The summed E-state index contributed by atoms with van der Waals surface area (Å²) in [7, 11) is 0. The van der Waals surface area contributed by atoms with Crippen molar-refractivity contribution in [1.82, 2.24) is 19.6 Å². The molecule has 1 aliphatic carbocycles. The molecule has 27 heavy (non-hydrogen) atoms. The maximum Gasteiger partial charge on any atom is 0.490 e. The normalized spacial score (nSPS) is 22.2. The average Bonchev–Trinajstić information content (AvgIpc) is 3.14. The van der Waals surface area contributed by atoms with Gasteiger partial charge in [-0.3, -0.25) is 4.79 Å². The summed E-state index contributed by atoms with van der Waals surface area (Å²) in [6.45, 7) is 1.84. The molecule has 2 aromatic rings. The van der Waals surface area contributed by atoms with Crippen molar-refractivity contribution >= 4 is 23.5 Å². The van der Waals surface area contributed by atoms with Crippen molar-refractivity contribution in [2.75, 3.05) is 5.32 Å². The van der Waals surface area contributed by atoms with Crippen LogP contribution in [0.3, 0.4) is 0 Å². The number of hydrogen-bond donors (Lipinski definition) is 4. The second-order valence-corrected chi connectivity index (χ2v) is 5.88. The van der Waals surface area contributed by atoms with Crippen LogP contribution in [0, 0.1) is 12.8 Å². The molecule has 0 bridgehead atoms. The van der Waals surface area contributed by atoms with E-state index in [9.17, 15) is 23.1 Å². The molecule has 0 radical (unpaired) electrons. The molecule has 0 aliphatic heterocycles. The number of aliphatic carboxylic acids is 2. The first kappa shape index (κ1) is 20.4. The van der Waals surface area contributed by atoms with Crippen LogP contribution in [0.25, 0.3) is 5.78 Å². The Hall–Kier alpha value is -2.96. The number of alkyl halides is 3. The topological polar surface area (TPSA) is 150 Å². The smallest absolute Gasteiger partial charge is 0.481 e. The van der Waals surface area contributed by atoms with E-state index in [1.54, 1.807) is 6.07 Å². The van der Waals surface area contributed by atoms with Gasteiger partial charge in [-0.15, -0.1) is 0 Å². The Morgan fingerprint density at radius 1 is 1.30 bits per heavy atom. The van der Waals surface area contributed by atoms with E-state index in [1.165, 1.54) is 10.8 Å². The minimum absolute atomic E-state index is 0.261. The van der Waals surface area contributed by atoms with Crippen molar-refractivity contribution in [2.24, 2.45) is 5.92 Å². The number of aromatic nitrogens is 4. The van der Waals surface area contributed by atoms with Gasteiger partial charge in [0.2, 0.25) is 0 Å². The largest absolute Gasteiger partial charge is 0.490 e. The Bertz CT molecular complexity index is 840. The van der Waals surface area contributed by atoms with E-state index in [0.29, 0.717) is 18.0 Å². The van der Waals surface area contributed by atoms with Crippen LogP contribution in [0.2, 0.25) is 0 Å². The van der Waals surface area contributed by atoms with Gasteiger partial charge in [0.05, 0.1) is 18.1 Å². The maximum atomic E-state index is 11.0. The molecule has 0 spiro atoms. The Kier molecular flexibility index (Phi) is 5.83. The highest BCUT2D eigenvalue weighted by atomic mass is 19.4. The number of carboxylic acid groups (broad SMARTS) is 2. The predicted molar refractivity (Wildman–Crippen MR) is 83.0 cm³/mol. The van der Waals surface area contributed by atoms with Crippen LogP contribution in [0.4, 0.5) is 19.0 Å². The molecule has 0 amide bonds. The molecule has 3 atom stereocenters. The monoisotopic (exact) mass is 391 g/mol. The summed E-state index contributed by atoms with van der Waals surface area (Å²) < 4.78 is 33.3. The molecule has 2 aromatic heterocycles. The van der Waals surface area contributed by atoms with Crippen molar-refractivity contribution in [3.05, 3.63) is 18.1 Å². The summed E-state index contributed by atoms with van der Waals surface area (Å²) in [5.41, 5.74) is 0.773. The lowest BCUT2D eigenvalue weighted by atomic mass is 10.1. The molecule has 0 aromatic carbocycles. The highest BCUT2D eigenvalue weighted by Gasteiger charge is 2.38. The number of nitrogens with one attached hydrogen (secondary N) is 1. The van der Waals surface area contributed by atoms with Crippen LogP contribution in [0.5, 0.6) is 0 Å². The number of carboxylic acids is 2. The second kappa shape index (κ2) is 7.73. The number of aryl methyl sites for hydroxylation is 1. The molecule has 10 nitrogen and oxygen atoms in total. The van der Waals surface area contributed by atoms with Gasteiger partial charge in [-0.2, -0.15) is 27.8 Å². The highest BCUT2D eigenvalue weighted by molar-refractivity contribution is 5.73. The summed E-state index contributed by atoms with van der Waals surface area (Å²) >= 11 is 0. The molecule has 1 saturated carbocycles. The van der Waals surface area contributed by atoms with Crippen LogP contribution in [-0.4, -0.2) is 65.2 Å². The Labute approximate surface area is 149 Å². The molecule has 2 heterocycles. The van der Waals surface area contributed by atoms with Gasteiger partial charge in [-0.25, -0.2) is 9.78 Å². The predicted octanol–water partition coefficient (Wildman–Crippen LogP) is 0.702. The third-order valence-electron chi connectivity index (χ3n) is 3.83. The molecule has 3 rings (SSSR count). The van der Waals surface area contributed by atoms with Crippen molar-refractivity contribution in [2.45, 2.75) is 38.1 Å². The third kappa shape index (κ3) is 5.03. The summed E-state index contributed by atoms with van der Waals surface area (Å²) in [4.78, 5) is 28.1. The molecular weight excluding hydrogens is 375 g/mol. The first-order valence-corrected chi connectivity index (χ1v) is 7.64. The Morgan fingerprint density at radius 3 is 2.44 bits per heavy atom. The van der Waals surface area contributed by atoms with Gasteiger partial charge in [0.1, 0.15) is 12.1 Å². The van der Waals surface area contributed by atoms with E-state index < -0.39 is 30.1 Å². The van der Waals surface area contributed by atoms with Crippen molar-refractivity contribution < 1.29 is 38.1 Å². The van der Waals surface area contributed by atoms with Crippen LogP contribution >= 0.6 is 0 Å². The standard InChI is InChI=1S/C12H15N5O3.C2HF3O2/c1-6-2-10(17-12(15-6)13-5-14-17)16-8-3-7(11(19)20)4-9(8)18;3-2(4,5)1(6)7/h2,5,7-9,16,18H,3-4H2,1H3,(H,19,20);(H,6,7). The van der Waals surface area contributed by atoms with E-state index in [1.807, 2.05) is 6.92 Å². The molecule has 13 heteroatoms. The van der Waals surface area contributed by atoms with Gasteiger partial charge in [-0.1, -0.05) is 0 Å². The van der Waals surface area contributed by atoms with E-state index in [4.69, 9.17) is 15.0 Å². The van der Waals surface area contributed by atoms with Crippen LogP contribution < -0.4 is 5.32 Å². The molecule has 148 valence electrons. The molecule has 0 saturated heterocycles. The number of fused-ring (bicyclic) bond motifs is 1. The van der Waals surface area contributed by atoms with E-state index >= 15 is 0 Å². The summed E-state index contributed by atoms with van der Waals surface area (Å²) in [5.74, 6) is -3.02. The van der Waals surface area contributed by atoms with Crippen molar-refractivity contribution in [3.8, 4) is 0 Å². The van der Waals surface area contributed by atoms with E-state index in [0.717, 1.165) is 5.69 Å². The zero-order chi connectivity index (χ0) is 20.4.